The van der Waals surface area contributed by atoms with Gasteiger partial charge in [-0.1, -0.05) is 70.8 Å². The zero-order valence-electron chi connectivity index (χ0n) is 21.1. The average molecular weight is 481 g/mol. The summed E-state index contributed by atoms with van der Waals surface area (Å²) in [6, 6.07) is 30.2. The highest BCUT2D eigenvalue weighted by Gasteiger charge is 2.03. The van der Waals surface area contributed by atoms with Crippen LogP contribution in [0.15, 0.2) is 97.1 Å². The van der Waals surface area contributed by atoms with Gasteiger partial charge >= 0.3 is 12.1 Å². The van der Waals surface area contributed by atoms with E-state index in [-0.39, 0.29) is 12.1 Å². The molecule has 0 spiro atoms. The molecule has 0 radical (unpaired) electrons. The van der Waals surface area contributed by atoms with Gasteiger partial charge in [-0.3, -0.25) is 0 Å². The van der Waals surface area contributed by atoms with Crippen LogP contribution in [0.4, 0.5) is 32.3 Å². The normalized spacial score (nSPS) is 9.89. The maximum Gasteiger partial charge on any atom is 0.323 e. The van der Waals surface area contributed by atoms with Gasteiger partial charge in [0.25, 0.3) is 0 Å². The summed E-state index contributed by atoms with van der Waals surface area (Å²) in [6.07, 6.45) is 0. The highest BCUT2D eigenvalue weighted by atomic mass is 16.2. The van der Waals surface area contributed by atoms with Gasteiger partial charge in [-0.25, -0.2) is 9.59 Å². The fourth-order valence-corrected chi connectivity index (χ4v) is 3.13. The van der Waals surface area contributed by atoms with Gasteiger partial charge in [-0.2, -0.15) is 0 Å². The summed E-state index contributed by atoms with van der Waals surface area (Å²) < 4.78 is 0. The van der Waals surface area contributed by atoms with Gasteiger partial charge in [-0.15, -0.1) is 0 Å². The van der Waals surface area contributed by atoms with E-state index in [4.69, 9.17) is 0 Å². The Morgan fingerprint density at radius 3 is 0.694 bits per heavy atom. The molecular formula is C30H32N4O2. The number of benzene rings is 4. The summed E-state index contributed by atoms with van der Waals surface area (Å²) in [5, 5.41) is 11.1. The van der Waals surface area contributed by atoms with Crippen LogP contribution in [-0.4, -0.2) is 12.1 Å². The number of rotatable bonds is 4. The number of carbonyl (C=O) groups excluding carboxylic acids is 2. The molecule has 6 heteroatoms. The SMILES string of the molecule is Cc1ccc(NC(=O)Nc2ccc(C)cc2)cc1.Cc1ccc(NC(=O)Nc2ccc(C)cc2)cc1. The van der Waals surface area contributed by atoms with Crippen molar-refractivity contribution in [3.05, 3.63) is 119 Å². The smallest absolute Gasteiger partial charge is 0.308 e. The lowest BCUT2D eigenvalue weighted by molar-refractivity contribution is 0.261. The van der Waals surface area contributed by atoms with Crippen molar-refractivity contribution in [1.29, 1.82) is 0 Å². The molecule has 184 valence electrons. The van der Waals surface area contributed by atoms with Crippen molar-refractivity contribution in [2.24, 2.45) is 0 Å². The molecule has 36 heavy (non-hydrogen) atoms. The van der Waals surface area contributed by atoms with Crippen molar-refractivity contribution in [1.82, 2.24) is 0 Å². The zero-order valence-corrected chi connectivity index (χ0v) is 21.1. The van der Waals surface area contributed by atoms with Crippen LogP contribution in [0.1, 0.15) is 22.3 Å². The molecule has 4 aromatic carbocycles. The molecule has 0 fully saturated rings. The molecule has 6 nitrogen and oxygen atoms in total. The largest absolute Gasteiger partial charge is 0.323 e. The van der Waals surface area contributed by atoms with Crippen molar-refractivity contribution < 1.29 is 9.59 Å². The maximum atomic E-state index is 11.7. The number of amides is 4. The molecule has 4 N–H and O–H groups in total. The Bertz CT molecular complexity index is 1060. The molecule has 0 aliphatic carbocycles. The minimum absolute atomic E-state index is 0.234. The Morgan fingerprint density at radius 1 is 0.361 bits per heavy atom. The van der Waals surface area contributed by atoms with Crippen molar-refractivity contribution in [2.75, 3.05) is 21.3 Å². The highest BCUT2D eigenvalue weighted by Crippen LogP contribution is 2.13. The summed E-state index contributed by atoms with van der Waals surface area (Å²) in [4.78, 5) is 23.5. The maximum absolute atomic E-state index is 11.7. The van der Waals surface area contributed by atoms with E-state index in [1.54, 1.807) is 0 Å². The molecule has 0 aliphatic heterocycles. The van der Waals surface area contributed by atoms with E-state index in [2.05, 4.69) is 21.3 Å². The number of aryl methyl sites for hydroxylation is 4. The van der Waals surface area contributed by atoms with Crippen molar-refractivity contribution in [2.45, 2.75) is 27.7 Å². The van der Waals surface area contributed by atoms with E-state index in [1.807, 2.05) is 125 Å². The summed E-state index contributed by atoms with van der Waals surface area (Å²) in [7, 11) is 0. The first-order valence-electron chi connectivity index (χ1n) is 11.7. The molecule has 0 aromatic heterocycles. The van der Waals surface area contributed by atoms with Gasteiger partial charge in [0.15, 0.2) is 0 Å². The lowest BCUT2D eigenvalue weighted by atomic mass is 10.2. The molecule has 0 bridgehead atoms. The van der Waals surface area contributed by atoms with Gasteiger partial charge in [0.05, 0.1) is 0 Å². The Hall–Kier alpha value is -4.58. The fourth-order valence-electron chi connectivity index (χ4n) is 3.13. The molecule has 0 atom stereocenters. The third kappa shape index (κ3) is 8.99. The van der Waals surface area contributed by atoms with E-state index >= 15 is 0 Å². The van der Waals surface area contributed by atoms with E-state index in [1.165, 1.54) is 22.3 Å². The third-order valence-electron chi connectivity index (χ3n) is 5.24. The number of nitrogens with one attached hydrogen (secondary N) is 4. The van der Waals surface area contributed by atoms with Crippen LogP contribution in [0.25, 0.3) is 0 Å². The second-order valence-corrected chi connectivity index (χ2v) is 8.62. The average Bonchev–Trinajstić information content (AvgIpc) is 2.85. The molecule has 0 saturated heterocycles. The molecule has 4 rings (SSSR count). The summed E-state index contributed by atoms with van der Waals surface area (Å²) in [6.45, 7) is 8.04. The third-order valence-corrected chi connectivity index (χ3v) is 5.24. The summed E-state index contributed by atoms with van der Waals surface area (Å²) >= 11 is 0. The van der Waals surface area contributed by atoms with Crippen LogP contribution >= 0.6 is 0 Å². The lowest BCUT2D eigenvalue weighted by Crippen LogP contribution is -2.19. The van der Waals surface area contributed by atoms with Gasteiger partial charge in [0.1, 0.15) is 0 Å². The second kappa shape index (κ2) is 12.8. The quantitative estimate of drug-likeness (QED) is 0.239. The van der Waals surface area contributed by atoms with E-state index < -0.39 is 0 Å². The van der Waals surface area contributed by atoms with E-state index in [0.717, 1.165) is 22.7 Å². The standard InChI is InChI=1S/2C15H16N2O/c2*1-11-3-7-13(8-4-11)16-15(18)17-14-9-5-12(2)6-10-14/h2*3-10H,1-2H3,(H2,16,17,18). The zero-order chi connectivity index (χ0) is 25.9. The molecular weight excluding hydrogens is 448 g/mol. The topological polar surface area (TPSA) is 82.3 Å². The van der Waals surface area contributed by atoms with Crippen molar-refractivity contribution >= 4 is 34.8 Å². The molecule has 0 aliphatic rings. The number of anilines is 4. The molecule has 4 aromatic rings. The number of hydrogen-bond acceptors (Lipinski definition) is 2. The first-order chi connectivity index (χ1) is 17.3. The number of hydrogen-bond donors (Lipinski definition) is 4. The number of carbonyl (C=O) groups is 2. The van der Waals surface area contributed by atoms with Crippen LogP contribution in [0, 0.1) is 27.7 Å². The van der Waals surface area contributed by atoms with Crippen LogP contribution in [0.3, 0.4) is 0 Å². The van der Waals surface area contributed by atoms with Crippen LogP contribution < -0.4 is 21.3 Å². The second-order valence-electron chi connectivity index (χ2n) is 8.62. The van der Waals surface area contributed by atoms with Crippen LogP contribution in [-0.2, 0) is 0 Å². The minimum atomic E-state index is -0.234. The first kappa shape index (κ1) is 26.0. The van der Waals surface area contributed by atoms with E-state index in [0.29, 0.717) is 0 Å². The number of urea groups is 2. The minimum Gasteiger partial charge on any atom is -0.308 e. The first-order valence-corrected chi connectivity index (χ1v) is 11.7. The van der Waals surface area contributed by atoms with Gasteiger partial charge in [0.2, 0.25) is 0 Å². The van der Waals surface area contributed by atoms with Gasteiger partial charge < -0.3 is 21.3 Å². The predicted molar refractivity (Wildman–Crippen MR) is 150 cm³/mol. The predicted octanol–water partition coefficient (Wildman–Crippen LogP) is 7.89. The fraction of sp³-hybridized carbons (Fsp3) is 0.133. The van der Waals surface area contributed by atoms with Gasteiger partial charge in [0, 0.05) is 22.7 Å². The highest BCUT2D eigenvalue weighted by molar-refractivity contribution is 6.00. The molecule has 4 amide bonds. The monoisotopic (exact) mass is 480 g/mol. The van der Waals surface area contributed by atoms with E-state index in [9.17, 15) is 9.59 Å². The summed E-state index contributed by atoms with van der Waals surface area (Å²) in [5.41, 5.74) is 7.80. The Kier molecular flexibility index (Phi) is 9.23. The van der Waals surface area contributed by atoms with Crippen molar-refractivity contribution in [3.8, 4) is 0 Å². The van der Waals surface area contributed by atoms with Crippen LogP contribution in [0.5, 0.6) is 0 Å². The molecule has 0 saturated carbocycles. The lowest BCUT2D eigenvalue weighted by Gasteiger charge is -2.08. The Balaban J connectivity index is 0.000000201. The Labute approximate surface area is 212 Å². The molecule has 0 heterocycles. The van der Waals surface area contributed by atoms with Crippen LogP contribution in [0.2, 0.25) is 0 Å². The Morgan fingerprint density at radius 2 is 0.528 bits per heavy atom. The molecule has 0 unspecified atom stereocenters. The van der Waals surface area contributed by atoms with Gasteiger partial charge in [-0.05, 0) is 76.2 Å². The summed E-state index contributed by atoms with van der Waals surface area (Å²) in [5.74, 6) is 0. The van der Waals surface area contributed by atoms with Crippen molar-refractivity contribution in [3.63, 3.8) is 0 Å².